The van der Waals surface area contributed by atoms with Crippen molar-refractivity contribution in [2.45, 2.75) is 38.7 Å². The Kier molecular flexibility index (Phi) is 5.51. The third kappa shape index (κ3) is 4.11. The van der Waals surface area contributed by atoms with E-state index in [2.05, 4.69) is 15.5 Å². The molecule has 2 amide bonds. The highest BCUT2D eigenvalue weighted by Gasteiger charge is 2.33. The van der Waals surface area contributed by atoms with Gasteiger partial charge in [-0.1, -0.05) is 12.1 Å². The molecule has 2 aliphatic rings. The Balaban J connectivity index is 1.24. The molecular formula is C21H27N5O3. The minimum atomic E-state index is -0.456. The fraction of sp³-hybridized carbons (Fsp3) is 0.524. The lowest BCUT2D eigenvalue weighted by Gasteiger charge is -2.33. The molecule has 0 radical (unpaired) electrons. The van der Waals surface area contributed by atoms with E-state index in [1.165, 1.54) is 0 Å². The van der Waals surface area contributed by atoms with Crippen molar-refractivity contribution in [3.8, 4) is 0 Å². The predicted octanol–water partition coefficient (Wildman–Crippen LogP) is 2.10. The first-order valence-electron chi connectivity index (χ1n) is 10.2. The molecule has 8 heteroatoms. The van der Waals surface area contributed by atoms with Crippen LogP contribution in [-0.2, 0) is 16.7 Å². The molecule has 8 nitrogen and oxygen atoms in total. The van der Waals surface area contributed by atoms with E-state index in [0.29, 0.717) is 37.5 Å². The molecule has 4 rings (SSSR count). The van der Waals surface area contributed by atoms with Gasteiger partial charge in [-0.15, -0.1) is 0 Å². The highest BCUT2D eigenvalue weighted by atomic mass is 16.6. The van der Waals surface area contributed by atoms with Gasteiger partial charge in [0, 0.05) is 38.7 Å². The number of likely N-dealkylation sites (tertiary alicyclic amines) is 1. The number of aryl methyl sites for hydroxylation is 1. The summed E-state index contributed by atoms with van der Waals surface area (Å²) in [6.45, 7) is 4.02. The maximum Gasteiger partial charge on any atom is 0.266 e. The van der Waals surface area contributed by atoms with Gasteiger partial charge >= 0.3 is 0 Å². The number of amides is 2. The smallest absolute Gasteiger partial charge is 0.266 e. The van der Waals surface area contributed by atoms with Crippen LogP contribution in [0.4, 0.5) is 0 Å². The molecule has 154 valence electrons. The molecule has 1 aromatic carbocycles. The number of nitrogens with zero attached hydrogens (tertiary/aromatic N) is 4. The monoisotopic (exact) mass is 397 g/mol. The number of rotatable bonds is 5. The number of fused-ring (bicyclic) bond motifs is 1. The second-order valence-corrected chi connectivity index (χ2v) is 7.85. The van der Waals surface area contributed by atoms with Crippen LogP contribution in [0.1, 0.15) is 43.0 Å². The van der Waals surface area contributed by atoms with Crippen LogP contribution in [0.2, 0.25) is 0 Å². The summed E-state index contributed by atoms with van der Waals surface area (Å²) in [6, 6.07) is 5.56. The molecule has 1 saturated heterocycles. The summed E-state index contributed by atoms with van der Waals surface area (Å²) in [4.78, 5) is 36.5. The van der Waals surface area contributed by atoms with E-state index in [-0.39, 0.29) is 11.8 Å². The highest BCUT2D eigenvalue weighted by molar-refractivity contribution is 5.97. The van der Waals surface area contributed by atoms with Gasteiger partial charge in [-0.3, -0.25) is 9.59 Å². The van der Waals surface area contributed by atoms with E-state index in [1.807, 2.05) is 41.6 Å². The molecule has 0 bridgehead atoms. The minimum absolute atomic E-state index is 0.0309. The van der Waals surface area contributed by atoms with Crippen molar-refractivity contribution in [3.05, 3.63) is 30.1 Å². The van der Waals surface area contributed by atoms with E-state index in [0.717, 1.165) is 36.0 Å². The lowest BCUT2D eigenvalue weighted by Crippen LogP contribution is -2.45. The molecule has 1 N–H and O–H groups in total. The number of aromatic nitrogens is 2. The van der Waals surface area contributed by atoms with Gasteiger partial charge in [0.1, 0.15) is 0 Å². The molecule has 2 aromatic rings. The first-order valence-corrected chi connectivity index (χ1v) is 10.2. The largest absolute Gasteiger partial charge is 0.382 e. The van der Waals surface area contributed by atoms with Crippen molar-refractivity contribution in [1.82, 2.24) is 19.8 Å². The van der Waals surface area contributed by atoms with Crippen LogP contribution in [0.3, 0.4) is 0 Å². The molecular weight excluding hydrogens is 370 g/mol. The Labute approximate surface area is 169 Å². The molecule has 2 aliphatic heterocycles. The maximum absolute atomic E-state index is 12.6. The van der Waals surface area contributed by atoms with Crippen LogP contribution in [0.5, 0.6) is 0 Å². The average Bonchev–Trinajstić information content (AvgIpc) is 3.38. The van der Waals surface area contributed by atoms with Crippen molar-refractivity contribution >= 4 is 28.6 Å². The number of imidazole rings is 1. The number of nitrogens with one attached hydrogen (secondary N) is 1. The zero-order valence-electron chi connectivity index (χ0n) is 16.9. The molecule has 29 heavy (non-hydrogen) atoms. The number of carbonyl (C=O) groups excluding carboxylic acids is 2. The standard InChI is InChI=1S/C21H27N5O3/c1-3-16-11-19(29-24-16)21(28)26-8-6-14(7-9-26)12-22-20(27)15-4-5-18-17(10-15)23-13-25(18)2/h4-5,10,13-14,19H,3,6-9,11-12H2,1-2H3,(H,22,27). The fourth-order valence-corrected chi connectivity index (χ4v) is 3.95. The molecule has 1 aromatic heterocycles. The Morgan fingerprint density at radius 3 is 2.79 bits per heavy atom. The number of benzene rings is 1. The molecule has 1 atom stereocenters. The average molecular weight is 397 g/mol. The second kappa shape index (κ2) is 8.23. The molecule has 0 aliphatic carbocycles. The summed E-state index contributed by atoms with van der Waals surface area (Å²) >= 11 is 0. The molecule has 1 fully saturated rings. The Hall–Kier alpha value is -2.90. The van der Waals surface area contributed by atoms with Gasteiger partial charge in [0.25, 0.3) is 11.8 Å². The second-order valence-electron chi connectivity index (χ2n) is 7.85. The van der Waals surface area contributed by atoms with E-state index in [1.54, 1.807) is 6.33 Å². The first-order chi connectivity index (χ1) is 14.0. The quantitative estimate of drug-likeness (QED) is 0.837. The van der Waals surface area contributed by atoms with Gasteiger partial charge in [-0.25, -0.2) is 4.98 Å². The lowest BCUT2D eigenvalue weighted by molar-refractivity contribution is -0.143. The van der Waals surface area contributed by atoms with Gasteiger partial charge in [0.05, 0.1) is 23.1 Å². The summed E-state index contributed by atoms with van der Waals surface area (Å²) in [7, 11) is 1.93. The molecule has 1 unspecified atom stereocenters. The SMILES string of the molecule is CCC1=NOC(C(=O)N2CCC(CNC(=O)c3ccc4c(c3)ncn4C)CC2)C1. The van der Waals surface area contributed by atoms with Crippen LogP contribution in [0.15, 0.2) is 29.7 Å². The zero-order chi connectivity index (χ0) is 20.4. The van der Waals surface area contributed by atoms with Gasteiger partial charge < -0.3 is 19.6 Å². The lowest BCUT2D eigenvalue weighted by atomic mass is 9.96. The number of piperidine rings is 1. The van der Waals surface area contributed by atoms with Crippen molar-refractivity contribution in [2.24, 2.45) is 18.1 Å². The van der Waals surface area contributed by atoms with Crippen LogP contribution in [0, 0.1) is 5.92 Å². The van der Waals surface area contributed by atoms with Gasteiger partial charge in [-0.05, 0) is 43.4 Å². The number of hydrogen-bond donors (Lipinski definition) is 1. The van der Waals surface area contributed by atoms with Crippen molar-refractivity contribution in [2.75, 3.05) is 19.6 Å². The molecule has 0 saturated carbocycles. The summed E-state index contributed by atoms with van der Waals surface area (Å²) in [5.41, 5.74) is 3.39. The normalized spacial score (nSPS) is 19.9. The van der Waals surface area contributed by atoms with Crippen LogP contribution >= 0.6 is 0 Å². The van der Waals surface area contributed by atoms with E-state index in [4.69, 9.17) is 4.84 Å². The van der Waals surface area contributed by atoms with Crippen LogP contribution in [-0.4, -0.2) is 57.7 Å². The Bertz CT molecular complexity index is 943. The fourth-order valence-electron chi connectivity index (χ4n) is 3.95. The minimum Gasteiger partial charge on any atom is -0.382 e. The summed E-state index contributed by atoms with van der Waals surface area (Å²) in [6.07, 6.45) is 4.46. The Morgan fingerprint density at radius 1 is 1.28 bits per heavy atom. The Morgan fingerprint density at radius 2 is 2.07 bits per heavy atom. The van der Waals surface area contributed by atoms with E-state index < -0.39 is 6.10 Å². The molecule has 0 spiro atoms. The van der Waals surface area contributed by atoms with Crippen LogP contribution in [0.25, 0.3) is 11.0 Å². The van der Waals surface area contributed by atoms with Crippen molar-refractivity contribution in [3.63, 3.8) is 0 Å². The topological polar surface area (TPSA) is 88.8 Å². The van der Waals surface area contributed by atoms with Gasteiger partial charge in [0.2, 0.25) is 6.10 Å². The summed E-state index contributed by atoms with van der Waals surface area (Å²) in [5, 5.41) is 7.01. The van der Waals surface area contributed by atoms with Crippen LogP contribution < -0.4 is 5.32 Å². The van der Waals surface area contributed by atoms with Gasteiger partial charge in [0.15, 0.2) is 0 Å². The van der Waals surface area contributed by atoms with E-state index >= 15 is 0 Å². The van der Waals surface area contributed by atoms with Gasteiger partial charge in [-0.2, -0.15) is 0 Å². The molecule has 3 heterocycles. The third-order valence-electron chi connectivity index (χ3n) is 5.88. The third-order valence-corrected chi connectivity index (χ3v) is 5.88. The zero-order valence-corrected chi connectivity index (χ0v) is 16.9. The van der Waals surface area contributed by atoms with Crippen molar-refractivity contribution in [1.29, 1.82) is 0 Å². The highest BCUT2D eigenvalue weighted by Crippen LogP contribution is 2.21. The van der Waals surface area contributed by atoms with E-state index in [9.17, 15) is 9.59 Å². The predicted molar refractivity (Wildman–Crippen MR) is 110 cm³/mol. The first kappa shape index (κ1) is 19.4. The number of hydrogen-bond acceptors (Lipinski definition) is 5. The summed E-state index contributed by atoms with van der Waals surface area (Å²) < 4.78 is 1.93. The number of carbonyl (C=O) groups is 2. The summed E-state index contributed by atoms with van der Waals surface area (Å²) in [5.74, 6) is 0.316. The number of oxime groups is 1. The van der Waals surface area contributed by atoms with Crippen molar-refractivity contribution < 1.29 is 14.4 Å². The maximum atomic E-state index is 12.6.